The van der Waals surface area contributed by atoms with Crippen molar-refractivity contribution in [3.63, 3.8) is 0 Å². The quantitative estimate of drug-likeness (QED) is 0.305. The first kappa shape index (κ1) is 28.9. The highest BCUT2D eigenvalue weighted by Gasteiger charge is 2.32. The van der Waals surface area contributed by atoms with Crippen molar-refractivity contribution in [3.8, 4) is 17.2 Å². The van der Waals surface area contributed by atoms with Gasteiger partial charge in [0.1, 0.15) is 11.5 Å². The van der Waals surface area contributed by atoms with Gasteiger partial charge >= 0.3 is 18.3 Å². The minimum Gasteiger partial charge on any atom is -0.466 e. The van der Waals surface area contributed by atoms with E-state index in [4.69, 9.17) is 25.8 Å². The summed E-state index contributed by atoms with van der Waals surface area (Å²) >= 11 is 5.99. The maximum Gasteiger partial charge on any atom is 0.573 e. The number of hydrogen-bond donors (Lipinski definition) is 1. The summed E-state index contributed by atoms with van der Waals surface area (Å²) in [4.78, 5) is 25.9. The van der Waals surface area contributed by atoms with E-state index < -0.39 is 29.8 Å². The molecule has 0 aliphatic carbocycles. The number of ether oxygens (including phenoxy) is 4. The van der Waals surface area contributed by atoms with Gasteiger partial charge in [-0.05, 0) is 75.4 Å². The first-order chi connectivity index (χ1) is 18.9. The number of carbonyl (C=O) groups excluding carboxylic acids is 2. The van der Waals surface area contributed by atoms with Crippen molar-refractivity contribution in [3.05, 3.63) is 77.1 Å². The summed E-state index contributed by atoms with van der Waals surface area (Å²) in [6.07, 6.45) is -0.165. The molecule has 40 heavy (non-hydrogen) atoms. The van der Waals surface area contributed by atoms with E-state index in [0.717, 1.165) is 12.1 Å². The van der Waals surface area contributed by atoms with E-state index in [1.54, 1.807) is 61.9 Å². The highest BCUT2D eigenvalue weighted by atomic mass is 35.5. The van der Waals surface area contributed by atoms with Crippen LogP contribution in [0.25, 0.3) is 16.6 Å². The minimum absolute atomic E-state index is 0.0733. The summed E-state index contributed by atoms with van der Waals surface area (Å²) in [6.45, 7) is 5.27. The SMILES string of the molecule is CCOC(=O)Cc1c(C(=O)OCC)c2cc(OC3(C)C=CC(Cl)=CN3)ccc2n1-c1ccc(OC(F)(F)F)cc1. The van der Waals surface area contributed by atoms with Crippen LogP contribution in [-0.4, -0.2) is 41.8 Å². The lowest BCUT2D eigenvalue weighted by molar-refractivity contribution is -0.274. The molecule has 8 nitrogen and oxygen atoms in total. The second kappa shape index (κ2) is 11.5. The summed E-state index contributed by atoms with van der Waals surface area (Å²) in [6, 6.07) is 10.1. The van der Waals surface area contributed by atoms with Crippen LogP contribution in [0.1, 0.15) is 36.8 Å². The van der Waals surface area contributed by atoms with Crippen LogP contribution >= 0.6 is 11.6 Å². The van der Waals surface area contributed by atoms with E-state index in [-0.39, 0.29) is 30.9 Å². The van der Waals surface area contributed by atoms with Gasteiger partial charge in [-0.1, -0.05) is 11.6 Å². The fourth-order valence-electron chi connectivity index (χ4n) is 4.28. The lowest BCUT2D eigenvalue weighted by atomic mass is 10.1. The lowest BCUT2D eigenvalue weighted by Crippen LogP contribution is -2.44. The molecule has 2 heterocycles. The topological polar surface area (TPSA) is 88.0 Å². The Balaban J connectivity index is 1.88. The molecular formula is C28H26ClF3N2O6. The summed E-state index contributed by atoms with van der Waals surface area (Å²) in [7, 11) is 0. The first-order valence-electron chi connectivity index (χ1n) is 12.3. The van der Waals surface area contributed by atoms with E-state index in [0.29, 0.717) is 27.4 Å². The highest BCUT2D eigenvalue weighted by Crippen LogP contribution is 2.35. The molecule has 212 valence electrons. The van der Waals surface area contributed by atoms with Crippen LogP contribution in [-0.2, 0) is 20.7 Å². The third-order valence-corrected chi connectivity index (χ3v) is 6.08. The molecule has 1 aromatic heterocycles. The van der Waals surface area contributed by atoms with Crippen LogP contribution in [0.4, 0.5) is 13.2 Å². The zero-order valence-electron chi connectivity index (χ0n) is 21.8. The van der Waals surface area contributed by atoms with Gasteiger partial charge in [-0.2, -0.15) is 0 Å². The Kier molecular flexibility index (Phi) is 8.34. The Morgan fingerprint density at radius 2 is 1.70 bits per heavy atom. The van der Waals surface area contributed by atoms with Crippen molar-refractivity contribution >= 4 is 34.4 Å². The van der Waals surface area contributed by atoms with E-state index in [2.05, 4.69) is 10.1 Å². The number of dihydropyridines is 1. The molecule has 0 amide bonds. The largest absolute Gasteiger partial charge is 0.573 e. The normalized spacial score (nSPS) is 16.7. The molecule has 0 fully saturated rings. The molecule has 1 aliphatic rings. The van der Waals surface area contributed by atoms with Gasteiger partial charge in [-0.3, -0.25) is 4.79 Å². The monoisotopic (exact) mass is 578 g/mol. The van der Waals surface area contributed by atoms with Crippen LogP contribution in [0.3, 0.4) is 0 Å². The molecule has 1 N–H and O–H groups in total. The number of nitrogens with one attached hydrogen (secondary N) is 1. The molecule has 1 unspecified atom stereocenters. The molecular weight excluding hydrogens is 553 g/mol. The molecule has 0 spiro atoms. The number of fused-ring (bicyclic) bond motifs is 1. The maximum absolute atomic E-state index is 13.3. The number of halogens is 4. The fraction of sp³-hybridized carbons (Fsp3) is 0.286. The Hall–Kier alpha value is -4.12. The van der Waals surface area contributed by atoms with E-state index in [9.17, 15) is 22.8 Å². The number of esters is 2. The number of benzene rings is 2. The van der Waals surface area contributed by atoms with Gasteiger partial charge < -0.3 is 28.8 Å². The number of nitrogens with zero attached hydrogens (tertiary/aromatic N) is 1. The number of alkyl halides is 3. The number of allylic oxidation sites excluding steroid dienone is 2. The molecule has 12 heteroatoms. The molecule has 0 saturated carbocycles. The Morgan fingerprint density at radius 3 is 2.30 bits per heavy atom. The third-order valence-electron chi connectivity index (χ3n) is 5.85. The third kappa shape index (κ3) is 6.53. The maximum atomic E-state index is 13.3. The van der Waals surface area contributed by atoms with Crippen molar-refractivity contribution in [2.24, 2.45) is 0 Å². The van der Waals surface area contributed by atoms with Crippen LogP contribution in [0, 0.1) is 0 Å². The first-order valence-corrected chi connectivity index (χ1v) is 12.7. The van der Waals surface area contributed by atoms with E-state index in [1.807, 2.05) is 0 Å². The van der Waals surface area contributed by atoms with Crippen molar-refractivity contribution in [1.82, 2.24) is 9.88 Å². The number of rotatable bonds is 9. The van der Waals surface area contributed by atoms with Crippen molar-refractivity contribution in [2.45, 2.75) is 39.3 Å². The van der Waals surface area contributed by atoms with Crippen molar-refractivity contribution in [1.29, 1.82) is 0 Å². The molecule has 0 bridgehead atoms. The standard InChI is InChI=1S/C28H26ClF3N2O6/c1-4-37-24(35)15-23-25(26(36)38-5-2)21-14-20(39-27(3)13-12-17(29)16-33-27)10-11-22(21)34(23)18-6-8-19(9-7-18)40-28(30,31)32/h6-14,16,33H,4-5,15H2,1-3H3. The van der Waals surface area contributed by atoms with E-state index >= 15 is 0 Å². The zero-order valence-corrected chi connectivity index (χ0v) is 22.6. The Bertz CT molecular complexity index is 1480. The van der Waals surface area contributed by atoms with Gasteiger partial charge in [0.25, 0.3) is 0 Å². The van der Waals surface area contributed by atoms with Gasteiger partial charge in [-0.25, -0.2) is 4.79 Å². The average molecular weight is 579 g/mol. The van der Waals surface area contributed by atoms with Crippen molar-refractivity contribution < 1.29 is 41.7 Å². The van der Waals surface area contributed by atoms with Crippen LogP contribution < -0.4 is 14.8 Å². The Morgan fingerprint density at radius 1 is 1.02 bits per heavy atom. The predicted octanol–water partition coefficient (Wildman–Crippen LogP) is 6.15. The molecule has 2 aromatic carbocycles. The van der Waals surface area contributed by atoms with Gasteiger partial charge in [0.15, 0.2) is 5.72 Å². The smallest absolute Gasteiger partial charge is 0.466 e. The Labute approximate surface area is 232 Å². The number of carbonyl (C=O) groups is 2. The summed E-state index contributed by atoms with van der Waals surface area (Å²) in [5.41, 5.74) is 0.267. The summed E-state index contributed by atoms with van der Waals surface area (Å²) in [5.74, 6) is -1.32. The van der Waals surface area contributed by atoms with Gasteiger partial charge in [0, 0.05) is 23.0 Å². The second-order valence-corrected chi connectivity index (χ2v) is 9.23. The minimum atomic E-state index is -4.86. The van der Waals surface area contributed by atoms with Crippen LogP contribution in [0.2, 0.25) is 0 Å². The van der Waals surface area contributed by atoms with Gasteiger partial charge in [0.2, 0.25) is 0 Å². The van der Waals surface area contributed by atoms with E-state index in [1.165, 1.54) is 12.1 Å². The molecule has 0 saturated heterocycles. The summed E-state index contributed by atoms with van der Waals surface area (Å²) in [5, 5.41) is 3.95. The van der Waals surface area contributed by atoms with Crippen molar-refractivity contribution in [2.75, 3.05) is 13.2 Å². The molecule has 0 radical (unpaired) electrons. The van der Waals surface area contributed by atoms with Gasteiger partial charge in [0.05, 0.1) is 35.7 Å². The zero-order chi connectivity index (χ0) is 29.1. The summed E-state index contributed by atoms with van der Waals surface area (Å²) < 4.78 is 60.3. The van der Waals surface area contributed by atoms with Crippen LogP contribution in [0.15, 0.2) is 65.8 Å². The molecule has 3 aromatic rings. The molecule has 4 rings (SSSR count). The molecule has 1 atom stereocenters. The van der Waals surface area contributed by atoms with Gasteiger partial charge in [-0.15, -0.1) is 13.2 Å². The highest BCUT2D eigenvalue weighted by molar-refractivity contribution is 6.31. The fourth-order valence-corrected chi connectivity index (χ4v) is 4.40. The second-order valence-electron chi connectivity index (χ2n) is 8.80. The van der Waals surface area contributed by atoms with Crippen LogP contribution in [0.5, 0.6) is 11.5 Å². The number of hydrogen-bond acceptors (Lipinski definition) is 7. The average Bonchev–Trinajstić information content (AvgIpc) is 3.18. The lowest BCUT2D eigenvalue weighted by Gasteiger charge is -2.30. The number of aromatic nitrogens is 1. The predicted molar refractivity (Wildman–Crippen MR) is 141 cm³/mol. The molecule has 1 aliphatic heterocycles.